The van der Waals surface area contributed by atoms with E-state index in [0.29, 0.717) is 48.5 Å². The van der Waals surface area contributed by atoms with Gasteiger partial charge in [-0.05, 0) is 32.0 Å². The van der Waals surface area contributed by atoms with Crippen LogP contribution < -0.4 is 4.90 Å². The van der Waals surface area contributed by atoms with Crippen molar-refractivity contribution in [2.45, 2.75) is 25.3 Å². The number of halogens is 2. The van der Waals surface area contributed by atoms with Crippen molar-refractivity contribution in [3.05, 3.63) is 40.1 Å². The van der Waals surface area contributed by atoms with Crippen molar-refractivity contribution in [1.29, 1.82) is 0 Å². The fraction of sp³-hybridized carbons (Fsp3) is 0.438. The van der Waals surface area contributed by atoms with E-state index in [-0.39, 0.29) is 4.90 Å². The highest BCUT2D eigenvalue weighted by atomic mass is 35.5. The molecule has 0 bridgehead atoms. The van der Waals surface area contributed by atoms with Crippen LogP contribution in [0.15, 0.2) is 29.3 Å². The van der Waals surface area contributed by atoms with E-state index < -0.39 is 10.0 Å². The number of sulfonamides is 1. The lowest BCUT2D eigenvalue weighted by atomic mass is 10.2. The number of rotatable bonds is 4. The summed E-state index contributed by atoms with van der Waals surface area (Å²) in [4.78, 5) is 2.40. The zero-order valence-electron chi connectivity index (χ0n) is 14.1. The predicted octanol–water partition coefficient (Wildman–Crippen LogP) is 3.03. The van der Waals surface area contributed by atoms with Gasteiger partial charge in [0.1, 0.15) is 4.90 Å². The smallest absolute Gasteiger partial charge is 0.246 e. The maximum Gasteiger partial charge on any atom is 0.246 e. The Morgan fingerprint density at radius 3 is 2.36 bits per heavy atom. The molecular formula is C16H20Cl2N4O2S. The molecule has 0 amide bonds. The number of aromatic nitrogens is 2. The fourth-order valence-corrected chi connectivity index (χ4v) is 4.88. The third kappa shape index (κ3) is 3.51. The van der Waals surface area contributed by atoms with Crippen molar-refractivity contribution in [3.8, 4) is 0 Å². The molecule has 1 aliphatic heterocycles. The van der Waals surface area contributed by atoms with E-state index in [0.717, 1.165) is 5.69 Å². The average molecular weight is 403 g/mol. The minimum atomic E-state index is -3.53. The molecule has 1 aromatic carbocycles. The number of benzene rings is 1. The second kappa shape index (κ2) is 7.15. The van der Waals surface area contributed by atoms with E-state index >= 15 is 0 Å². The van der Waals surface area contributed by atoms with Crippen LogP contribution in [-0.2, 0) is 16.6 Å². The summed E-state index contributed by atoms with van der Waals surface area (Å²) in [5.41, 5.74) is 1.62. The van der Waals surface area contributed by atoms with Gasteiger partial charge in [-0.15, -0.1) is 0 Å². The molecule has 0 atom stereocenters. The molecule has 1 aromatic heterocycles. The van der Waals surface area contributed by atoms with Crippen LogP contribution in [0.25, 0.3) is 0 Å². The van der Waals surface area contributed by atoms with Gasteiger partial charge in [-0.3, -0.25) is 4.68 Å². The number of aryl methyl sites for hydroxylation is 1. The minimum absolute atomic E-state index is 0.289. The zero-order chi connectivity index (χ0) is 18.2. The molecule has 3 rings (SSSR count). The van der Waals surface area contributed by atoms with Crippen LogP contribution >= 0.6 is 23.2 Å². The largest absolute Gasteiger partial charge is 0.369 e. The lowest BCUT2D eigenvalue weighted by molar-refractivity contribution is 0.384. The lowest BCUT2D eigenvalue weighted by Crippen LogP contribution is -2.48. The summed E-state index contributed by atoms with van der Waals surface area (Å²) in [6, 6.07) is 5.46. The highest BCUT2D eigenvalue weighted by molar-refractivity contribution is 7.89. The van der Waals surface area contributed by atoms with Crippen molar-refractivity contribution in [1.82, 2.24) is 14.1 Å². The maximum absolute atomic E-state index is 12.9. The Bertz CT molecular complexity index is 874. The number of hydrogen-bond acceptors (Lipinski definition) is 4. The van der Waals surface area contributed by atoms with Crippen LogP contribution in [0, 0.1) is 6.92 Å². The van der Waals surface area contributed by atoms with Crippen molar-refractivity contribution >= 4 is 38.9 Å². The van der Waals surface area contributed by atoms with Crippen LogP contribution in [0.4, 0.5) is 5.69 Å². The van der Waals surface area contributed by atoms with Crippen molar-refractivity contribution in [2.24, 2.45) is 0 Å². The van der Waals surface area contributed by atoms with Crippen LogP contribution in [-0.4, -0.2) is 48.7 Å². The van der Waals surface area contributed by atoms with Gasteiger partial charge >= 0.3 is 0 Å². The molecule has 2 aromatic rings. The van der Waals surface area contributed by atoms with Crippen LogP contribution in [0.5, 0.6) is 0 Å². The normalized spacial score (nSPS) is 16.4. The van der Waals surface area contributed by atoms with Crippen LogP contribution in [0.2, 0.25) is 10.0 Å². The van der Waals surface area contributed by atoms with Gasteiger partial charge in [-0.1, -0.05) is 23.2 Å². The fourth-order valence-electron chi connectivity index (χ4n) is 3.01. The molecule has 1 fully saturated rings. The molecule has 1 aliphatic rings. The molecule has 0 aliphatic carbocycles. The van der Waals surface area contributed by atoms with Gasteiger partial charge in [-0.25, -0.2) is 8.42 Å². The number of nitrogens with zero attached hydrogens (tertiary/aromatic N) is 4. The van der Waals surface area contributed by atoms with E-state index in [1.807, 2.05) is 19.1 Å². The Morgan fingerprint density at radius 1 is 1.12 bits per heavy atom. The molecule has 9 heteroatoms. The SMILES string of the molecule is CCn1ncc(S(=O)(=O)N2CCN(c3ccc(Cl)c(Cl)c3)CC2)c1C. The highest BCUT2D eigenvalue weighted by Gasteiger charge is 2.31. The van der Waals surface area contributed by atoms with Gasteiger partial charge in [0.15, 0.2) is 0 Å². The van der Waals surface area contributed by atoms with E-state index in [9.17, 15) is 8.42 Å². The quantitative estimate of drug-likeness (QED) is 0.788. The topological polar surface area (TPSA) is 58.4 Å². The van der Waals surface area contributed by atoms with E-state index in [2.05, 4.69) is 10.00 Å². The van der Waals surface area contributed by atoms with Gasteiger partial charge in [0, 0.05) is 38.4 Å². The predicted molar refractivity (Wildman–Crippen MR) is 100 cm³/mol. The first-order valence-electron chi connectivity index (χ1n) is 8.07. The third-order valence-electron chi connectivity index (χ3n) is 4.48. The molecule has 0 saturated carbocycles. The molecule has 25 heavy (non-hydrogen) atoms. The Kier molecular flexibility index (Phi) is 5.29. The molecule has 6 nitrogen and oxygen atoms in total. The molecule has 136 valence electrons. The molecule has 0 unspecified atom stereocenters. The minimum Gasteiger partial charge on any atom is -0.369 e. The summed E-state index contributed by atoms with van der Waals surface area (Å²) in [5, 5.41) is 5.16. The summed E-state index contributed by atoms with van der Waals surface area (Å²) in [6.45, 7) is 6.39. The first-order valence-corrected chi connectivity index (χ1v) is 10.3. The summed E-state index contributed by atoms with van der Waals surface area (Å²) in [7, 11) is -3.53. The average Bonchev–Trinajstić information content (AvgIpc) is 2.99. The molecule has 2 heterocycles. The first kappa shape index (κ1) is 18.5. The van der Waals surface area contributed by atoms with E-state index in [1.54, 1.807) is 17.7 Å². The standard InChI is InChI=1S/C16H20Cl2N4O2S/c1-3-22-12(2)16(11-19-22)25(23,24)21-8-6-20(7-9-21)13-4-5-14(17)15(18)10-13/h4-5,10-11H,3,6-9H2,1-2H3. The van der Waals surface area contributed by atoms with E-state index in [1.165, 1.54) is 10.5 Å². The second-order valence-electron chi connectivity index (χ2n) is 5.90. The monoisotopic (exact) mass is 402 g/mol. The van der Waals surface area contributed by atoms with E-state index in [4.69, 9.17) is 23.2 Å². The number of hydrogen-bond donors (Lipinski definition) is 0. The zero-order valence-corrected chi connectivity index (χ0v) is 16.4. The maximum atomic E-state index is 12.9. The summed E-state index contributed by atoms with van der Waals surface area (Å²) in [5.74, 6) is 0. The third-order valence-corrected chi connectivity index (χ3v) is 7.22. The summed E-state index contributed by atoms with van der Waals surface area (Å²) < 4.78 is 29.0. The molecule has 0 spiro atoms. The second-order valence-corrected chi connectivity index (χ2v) is 8.62. The van der Waals surface area contributed by atoms with Gasteiger partial charge < -0.3 is 4.90 Å². The number of anilines is 1. The van der Waals surface area contributed by atoms with Gasteiger partial charge in [0.2, 0.25) is 10.0 Å². The van der Waals surface area contributed by atoms with Gasteiger partial charge in [0.25, 0.3) is 0 Å². The Hall–Kier alpha value is -1.28. The Labute approximate surface area is 158 Å². The first-order chi connectivity index (χ1) is 11.8. The highest BCUT2D eigenvalue weighted by Crippen LogP contribution is 2.28. The molecule has 1 saturated heterocycles. The lowest BCUT2D eigenvalue weighted by Gasteiger charge is -2.35. The van der Waals surface area contributed by atoms with Crippen molar-refractivity contribution < 1.29 is 8.42 Å². The van der Waals surface area contributed by atoms with Crippen LogP contribution in [0.3, 0.4) is 0 Å². The Morgan fingerprint density at radius 2 is 1.80 bits per heavy atom. The van der Waals surface area contributed by atoms with Gasteiger partial charge in [-0.2, -0.15) is 9.40 Å². The summed E-state index contributed by atoms with van der Waals surface area (Å²) >= 11 is 12.0. The number of piperazine rings is 1. The van der Waals surface area contributed by atoms with Crippen LogP contribution in [0.1, 0.15) is 12.6 Å². The summed E-state index contributed by atoms with van der Waals surface area (Å²) in [6.07, 6.45) is 1.44. The molecule has 0 N–H and O–H groups in total. The van der Waals surface area contributed by atoms with Crippen molar-refractivity contribution in [3.63, 3.8) is 0 Å². The van der Waals surface area contributed by atoms with Gasteiger partial charge in [0.05, 0.1) is 21.9 Å². The van der Waals surface area contributed by atoms with Crippen molar-refractivity contribution in [2.75, 3.05) is 31.1 Å². The Balaban J connectivity index is 1.74. The molecular weight excluding hydrogens is 383 g/mol. The molecule has 0 radical (unpaired) electrons.